The van der Waals surface area contributed by atoms with E-state index in [0.29, 0.717) is 0 Å². The molecule has 0 unspecified atom stereocenters. The molecule has 0 bridgehead atoms. The Bertz CT molecular complexity index is 595. The van der Waals surface area contributed by atoms with Gasteiger partial charge in [-0.25, -0.2) is 0 Å². The van der Waals surface area contributed by atoms with Crippen LogP contribution in [0, 0.1) is 0 Å². The highest BCUT2D eigenvalue weighted by Gasteiger charge is 2.19. The molecule has 2 aromatic rings. The first-order chi connectivity index (χ1) is 10.3. The summed E-state index contributed by atoms with van der Waals surface area (Å²) in [6.45, 7) is 3.91. The standard InChI is InChI=1S/C17H19ClN2O/c18-16-12-14(13-21)6-7-17(16)20-10-8-19(9-11-20)15-4-2-1-3-5-15/h1-7,12,21H,8-11,13H2. The van der Waals surface area contributed by atoms with Crippen LogP contribution in [0.4, 0.5) is 11.4 Å². The lowest BCUT2D eigenvalue weighted by Gasteiger charge is -2.37. The molecule has 21 heavy (non-hydrogen) atoms. The first-order valence-electron chi connectivity index (χ1n) is 7.22. The zero-order valence-corrected chi connectivity index (χ0v) is 12.6. The monoisotopic (exact) mass is 302 g/mol. The number of aliphatic hydroxyl groups excluding tert-OH is 1. The molecule has 0 aromatic heterocycles. The van der Waals surface area contributed by atoms with Gasteiger partial charge in [-0.05, 0) is 29.8 Å². The van der Waals surface area contributed by atoms with Crippen molar-refractivity contribution in [1.29, 1.82) is 0 Å². The average molecular weight is 303 g/mol. The van der Waals surface area contributed by atoms with E-state index in [0.717, 1.165) is 42.5 Å². The number of aliphatic hydroxyl groups is 1. The number of hydrogen-bond donors (Lipinski definition) is 1. The summed E-state index contributed by atoms with van der Waals surface area (Å²) < 4.78 is 0. The highest BCUT2D eigenvalue weighted by molar-refractivity contribution is 6.33. The van der Waals surface area contributed by atoms with Gasteiger partial charge in [0.1, 0.15) is 0 Å². The van der Waals surface area contributed by atoms with Crippen molar-refractivity contribution in [1.82, 2.24) is 0 Å². The molecule has 0 saturated carbocycles. The van der Waals surface area contributed by atoms with E-state index in [4.69, 9.17) is 16.7 Å². The van der Waals surface area contributed by atoms with Gasteiger partial charge in [-0.15, -0.1) is 0 Å². The predicted molar refractivity (Wildman–Crippen MR) is 88.2 cm³/mol. The second-order valence-electron chi connectivity index (χ2n) is 5.25. The molecule has 110 valence electrons. The normalized spacial score (nSPS) is 15.3. The van der Waals surface area contributed by atoms with Crippen molar-refractivity contribution in [2.24, 2.45) is 0 Å². The number of para-hydroxylation sites is 1. The molecule has 0 spiro atoms. The Morgan fingerprint density at radius 3 is 2.19 bits per heavy atom. The number of rotatable bonds is 3. The van der Waals surface area contributed by atoms with Crippen molar-refractivity contribution in [2.45, 2.75) is 6.61 Å². The van der Waals surface area contributed by atoms with Crippen LogP contribution in [0.1, 0.15) is 5.56 Å². The summed E-state index contributed by atoms with van der Waals surface area (Å²) in [4.78, 5) is 4.70. The van der Waals surface area contributed by atoms with E-state index < -0.39 is 0 Å². The van der Waals surface area contributed by atoms with Gasteiger partial charge in [-0.1, -0.05) is 35.9 Å². The summed E-state index contributed by atoms with van der Waals surface area (Å²) in [6, 6.07) is 16.3. The van der Waals surface area contributed by atoms with E-state index in [2.05, 4.69) is 34.1 Å². The molecular formula is C17H19ClN2O. The van der Waals surface area contributed by atoms with E-state index >= 15 is 0 Å². The third-order valence-electron chi connectivity index (χ3n) is 3.94. The van der Waals surface area contributed by atoms with Gasteiger partial charge in [-0.2, -0.15) is 0 Å². The van der Waals surface area contributed by atoms with Gasteiger partial charge in [0.2, 0.25) is 0 Å². The van der Waals surface area contributed by atoms with E-state index in [-0.39, 0.29) is 6.61 Å². The molecule has 3 rings (SSSR count). The van der Waals surface area contributed by atoms with E-state index in [9.17, 15) is 0 Å². The van der Waals surface area contributed by atoms with Crippen LogP contribution in [-0.4, -0.2) is 31.3 Å². The van der Waals surface area contributed by atoms with Crippen molar-refractivity contribution in [3.05, 3.63) is 59.1 Å². The summed E-state index contributed by atoms with van der Waals surface area (Å²) in [5.74, 6) is 0. The number of piperazine rings is 1. The van der Waals surface area contributed by atoms with Crippen molar-refractivity contribution in [2.75, 3.05) is 36.0 Å². The minimum absolute atomic E-state index is 0.0295. The second-order valence-corrected chi connectivity index (χ2v) is 5.66. The molecule has 0 aliphatic carbocycles. The molecular weight excluding hydrogens is 284 g/mol. The maximum absolute atomic E-state index is 9.15. The largest absolute Gasteiger partial charge is 0.392 e. The van der Waals surface area contributed by atoms with Crippen LogP contribution in [0.2, 0.25) is 5.02 Å². The van der Waals surface area contributed by atoms with E-state index in [1.54, 1.807) is 0 Å². The molecule has 1 aliphatic heterocycles. The average Bonchev–Trinajstić information content (AvgIpc) is 2.56. The number of benzene rings is 2. The van der Waals surface area contributed by atoms with Crippen LogP contribution in [0.3, 0.4) is 0 Å². The number of halogens is 1. The highest BCUT2D eigenvalue weighted by atomic mass is 35.5. The van der Waals surface area contributed by atoms with Gasteiger partial charge in [-0.3, -0.25) is 0 Å². The van der Waals surface area contributed by atoms with Gasteiger partial charge in [0.15, 0.2) is 0 Å². The highest BCUT2D eigenvalue weighted by Crippen LogP contribution is 2.28. The van der Waals surface area contributed by atoms with Crippen molar-refractivity contribution in [3.63, 3.8) is 0 Å². The van der Waals surface area contributed by atoms with Crippen LogP contribution in [0.25, 0.3) is 0 Å². The van der Waals surface area contributed by atoms with Gasteiger partial charge in [0, 0.05) is 31.9 Å². The molecule has 3 nitrogen and oxygen atoms in total. The fraction of sp³-hybridized carbons (Fsp3) is 0.294. The van der Waals surface area contributed by atoms with Crippen LogP contribution >= 0.6 is 11.6 Å². The summed E-state index contributed by atoms with van der Waals surface area (Å²) >= 11 is 6.33. The van der Waals surface area contributed by atoms with Gasteiger partial charge < -0.3 is 14.9 Å². The molecule has 0 amide bonds. The lowest BCUT2D eigenvalue weighted by molar-refractivity contribution is 0.282. The Labute approximate surface area is 130 Å². The summed E-state index contributed by atoms with van der Waals surface area (Å²) in [6.07, 6.45) is 0. The maximum Gasteiger partial charge on any atom is 0.0682 e. The Morgan fingerprint density at radius 1 is 0.905 bits per heavy atom. The first-order valence-corrected chi connectivity index (χ1v) is 7.60. The number of nitrogens with zero attached hydrogens (tertiary/aromatic N) is 2. The molecule has 0 radical (unpaired) electrons. The van der Waals surface area contributed by atoms with Crippen molar-refractivity contribution in [3.8, 4) is 0 Å². The lowest BCUT2D eigenvalue weighted by atomic mass is 10.1. The Morgan fingerprint density at radius 2 is 1.57 bits per heavy atom. The number of hydrogen-bond acceptors (Lipinski definition) is 3. The molecule has 1 fully saturated rings. The maximum atomic E-state index is 9.15. The molecule has 1 aliphatic rings. The zero-order chi connectivity index (χ0) is 14.7. The van der Waals surface area contributed by atoms with Crippen molar-refractivity contribution < 1.29 is 5.11 Å². The fourth-order valence-corrected chi connectivity index (χ4v) is 3.07. The zero-order valence-electron chi connectivity index (χ0n) is 11.9. The third kappa shape index (κ3) is 3.14. The Kier molecular flexibility index (Phi) is 4.32. The molecule has 1 heterocycles. The van der Waals surface area contributed by atoms with Gasteiger partial charge >= 0.3 is 0 Å². The topological polar surface area (TPSA) is 26.7 Å². The van der Waals surface area contributed by atoms with Crippen LogP contribution < -0.4 is 9.80 Å². The minimum Gasteiger partial charge on any atom is -0.392 e. The quantitative estimate of drug-likeness (QED) is 0.943. The Balaban J connectivity index is 1.68. The SMILES string of the molecule is OCc1ccc(N2CCN(c3ccccc3)CC2)c(Cl)c1. The first kappa shape index (κ1) is 14.2. The lowest BCUT2D eigenvalue weighted by Crippen LogP contribution is -2.46. The summed E-state index contributed by atoms with van der Waals surface area (Å²) in [5, 5.41) is 9.86. The fourth-order valence-electron chi connectivity index (χ4n) is 2.75. The van der Waals surface area contributed by atoms with E-state index in [1.807, 2.05) is 24.3 Å². The van der Waals surface area contributed by atoms with Crippen LogP contribution in [0.15, 0.2) is 48.5 Å². The van der Waals surface area contributed by atoms with Crippen LogP contribution in [-0.2, 0) is 6.61 Å². The van der Waals surface area contributed by atoms with Crippen LogP contribution in [0.5, 0.6) is 0 Å². The molecule has 0 atom stereocenters. The van der Waals surface area contributed by atoms with Gasteiger partial charge in [0.05, 0.1) is 17.3 Å². The second kappa shape index (κ2) is 6.37. The minimum atomic E-state index is 0.0295. The predicted octanol–water partition coefficient (Wildman–Crippen LogP) is 3.16. The van der Waals surface area contributed by atoms with Gasteiger partial charge in [0.25, 0.3) is 0 Å². The molecule has 1 saturated heterocycles. The summed E-state index contributed by atoms with van der Waals surface area (Å²) in [5.41, 5.74) is 3.19. The molecule has 1 N–H and O–H groups in total. The molecule has 2 aromatic carbocycles. The third-order valence-corrected chi connectivity index (χ3v) is 4.24. The molecule has 4 heteroatoms. The van der Waals surface area contributed by atoms with E-state index in [1.165, 1.54) is 5.69 Å². The number of anilines is 2. The van der Waals surface area contributed by atoms with Crippen molar-refractivity contribution >= 4 is 23.0 Å². The Hall–Kier alpha value is -1.71. The smallest absolute Gasteiger partial charge is 0.0682 e. The summed E-state index contributed by atoms with van der Waals surface area (Å²) in [7, 11) is 0.